The van der Waals surface area contributed by atoms with E-state index >= 15 is 0 Å². The predicted molar refractivity (Wildman–Crippen MR) is 111 cm³/mol. The quantitative estimate of drug-likeness (QED) is 0.544. The lowest BCUT2D eigenvalue weighted by Gasteiger charge is -2.15. The molecule has 1 heterocycles. The number of carbonyl (C=O) groups is 2. The summed E-state index contributed by atoms with van der Waals surface area (Å²) in [4.78, 5) is 29.7. The number of hydrogen-bond donors (Lipinski definition) is 1. The SMILES string of the molecule is Cc1nc(-c2ccccc2)sc1C(=O)O[C@@H](C)C(=O)NCCC1=CCCCC1. The summed E-state index contributed by atoms with van der Waals surface area (Å²) < 4.78 is 5.38. The zero-order chi connectivity index (χ0) is 19.9. The molecule has 0 saturated heterocycles. The lowest BCUT2D eigenvalue weighted by Crippen LogP contribution is -2.36. The van der Waals surface area contributed by atoms with Gasteiger partial charge in [0, 0.05) is 12.1 Å². The molecule has 0 aliphatic heterocycles. The lowest BCUT2D eigenvalue weighted by atomic mass is 9.97. The first-order valence-electron chi connectivity index (χ1n) is 9.74. The monoisotopic (exact) mass is 398 g/mol. The molecule has 6 heteroatoms. The number of amides is 1. The molecule has 28 heavy (non-hydrogen) atoms. The number of rotatable bonds is 7. The Kier molecular flexibility index (Phi) is 6.98. The summed E-state index contributed by atoms with van der Waals surface area (Å²) in [6.45, 7) is 3.95. The topological polar surface area (TPSA) is 68.3 Å². The molecular formula is C22H26N2O3S. The second-order valence-corrected chi connectivity index (χ2v) is 8.00. The van der Waals surface area contributed by atoms with Crippen LogP contribution in [0.25, 0.3) is 10.6 Å². The van der Waals surface area contributed by atoms with Crippen LogP contribution in [0, 0.1) is 6.92 Å². The van der Waals surface area contributed by atoms with Crippen LogP contribution in [0.3, 0.4) is 0 Å². The minimum absolute atomic E-state index is 0.268. The van der Waals surface area contributed by atoms with Crippen molar-refractivity contribution in [2.75, 3.05) is 6.54 Å². The number of hydrogen-bond acceptors (Lipinski definition) is 5. The normalized spacial score (nSPS) is 14.9. The van der Waals surface area contributed by atoms with Crippen molar-refractivity contribution in [2.24, 2.45) is 0 Å². The predicted octanol–water partition coefficient (Wildman–Crippen LogP) is 4.67. The summed E-state index contributed by atoms with van der Waals surface area (Å²) >= 11 is 1.29. The average molecular weight is 399 g/mol. The standard InChI is InChI=1S/C22H26N2O3S/c1-15-19(28-21(24-15)18-11-7-4-8-12-18)22(26)27-16(2)20(25)23-14-13-17-9-5-3-6-10-17/h4,7-9,11-12,16H,3,5-6,10,13-14H2,1-2H3,(H,23,25)/t16-/m0/s1. The number of esters is 1. The molecule has 1 amide bonds. The van der Waals surface area contributed by atoms with Crippen molar-refractivity contribution >= 4 is 23.2 Å². The van der Waals surface area contributed by atoms with E-state index in [1.165, 1.54) is 29.8 Å². The van der Waals surface area contributed by atoms with Crippen LogP contribution in [-0.4, -0.2) is 29.5 Å². The Morgan fingerprint density at radius 1 is 1.25 bits per heavy atom. The Labute approximate surface area is 169 Å². The Morgan fingerprint density at radius 3 is 2.75 bits per heavy atom. The Hall–Kier alpha value is -2.47. The second-order valence-electron chi connectivity index (χ2n) is 7.00. The highest BCUT2D eigenvalue weighted by Crippen LogP contribution is 2.28. The van der Waals surface area contributed by atoms with E-state index in [9.17, 15) is 9.59 Å². The minimum Gasteiger partial charge on any atom is -0.448 e. The summed E-state index contributed by atoms with van der Waals surface area (Å²) in [7, 11) is 0. The van der Waals surface area contributed by atoms with Crippen molar-refractivity contribution in [3.63, 3.8) is 0 Å². The molecule has 1 aromatic carbocycles. The third kappa shape index (κ3) is 5.29. The van der Waals surface area contributed by atoms with Crippen LogP contribution >= 0.6 is 11.3 Å². The van der Waals surface area contributed by atoms with Crippen LogP contribution in [0.2, 0.25) is 0 Å². The first-order valence-corrected chi connectivity index (χ1v) is 10.6. The van der Waals surface area contributed by atoms with E-state index in [2.05, 4.69) is 16.4 Å². The van der Waals surface area contributed by atoms with E-state index in [4.69, 9.17) is 4.74 Å². The van der Waals surface area contributed by atoms with Crippen molar-refractivity contribution < 1.29 is 14.3 Å². The van der Waals surface area contributed by atoms with Crippen LogP contribution in [0.1, 0.15) is 54.4 Å². The number of benzene rings is 1. The smallest absolute Gasteiger partial charge is 0.351 e. The van der Waals surface area contributed by atoms with E-state index in [0.29, 0.717) is 17.1 Å². The van der Waals surface area contributed by atoms with Gasteiger partial charge in [0.2, 0.25) is 0 Å². The van der Waals surface area contributed by atoms with Gasteiger partial charge in [0.25, 0.3) is 5.91 Å². The van der Waals surface area contributed by atoms with Gasteiger partial charge < -0.3 is 10.1 Å². The van der Waals surface area contributed by atoms with Crippen molar-refractivity contribution in [2.45, 2.75) is 52.1 Å². The molecule has 1 N–H and O–H groups in total. The van der Waals surface area contributed by atoms with Crippen molar-refractivity contribution in [3.8, 4) is 10.6 Å². The fraction of sp³-hybridized carbons (Fsp3) is 0.409. The second kappa shape index (κ2) is 9.64. The van der Waals surface area contributed by atoms with Crippen LogP contribution in [-0.2, 0) is 9.53 Å². The first kappa shape index (κ1) is 20.3. The highest BCUT2D eigenvalue weighted by atomic mass is 32.1. The third-order valence-electron chi connectivity index (χ3n) is 4.79. The molecule has 1 aliphatic carbocycles. The van der Waals surface area contributed by atoms with E-state index in [-0.39, 0.29) is 5.91 Å². The molecule has 0 bridgehead atoms. The average Bonchev–Trinajstić information content (AvgIpc) is 3.11. The third-order valence-corrected chi connectivity index (χ3v) is 5.97. The van der Waals surface area contributed by atoms with Gasteiger partial charge in [-0.05, 0) is 46.0 Å². The molecule has 5 nitrogen and oxygen atoms in total. The van der Waals surface area contributed by atoms with E-state index in [0.717, 1.165) is 29.8 Å². The number of carbonyl (C=O) groups excluding carboxylic acids is 2. The highest BCUT2D eigenvalue weighted by molar-refractivity contribution is 7.17. The molecule has 0 radical (unpaired) electrons. The summed E-state index contributed by atoms with van der Waals surface area (Å²) in [5, 5.41) is 3.63. The van der Waals surface area contributed by atoms with Crippen LogP contribution in [0.5, 0.6) is 0 Å². The number of nitrogens with zero attached hydrogens (tertiary/aromatic N) is 1. The first-order chi connectivity index (χ1) is 13.5. The van der Waals surface area contributed by atoms with Crippen molar-refractivity contribution in [3.05, 3.63) is 52.6 Å². The molecule has 0 unspecified atom stereocenters. The maximum absolute atomic E-state index is 12.5. The Bertz CT molecular complexity index is 858. The van der Waals surface area contributed by atoms with Crippen LogP contribution < -0.4 is 5.32 Å². The molecule has 3 rings (SSSR count). The molecule has 1 atom stereocenters. The highest BCUT2D eigenvalue weighted by Gasteiger charge is 2.23. The maximum atomic E-state index is 12.5. The summed E-state index contributed by atoms with van der Waals surface area (Å²) in [5.41, 5.74) is 2.98. The maximum Gasteiger partial charge on any atom is 0.351 e. The molecule has 1 aromatic heterocycles. The van der Waals surface area contributed by atoms with Gasteiger partial charge in [0.1, 0.15) is 9.88 Å². The van der Waals surface area contributed by atoms with Crippen molar-refractivity contribution in [1.29, 1.82) is 0 Å². The molecule has 0 saturated carbocycles. The number of ether oxygens (including phenoxy) is 1. The number of thiazole rings is 1. The van der Waals surface area contributed by atoms with E-state index in [1.807, 2.05) is 30.3 Å². The van der Waals surface area contributed by atoms with Crippen molar-refractivity contribution in [1.82, 2.24) is 10.3 Å². The summed E-state index contributed by atoms with van der Waals surface area (Å²) in [5.74, 6) is -0.773. The minimum atomic E-state index is -0.838. The van der Waals surface area contributed by atoms with Gasteiger partial charge in [-0.25, -0.2) is 9.78 Å². The molecule has 2 aromatic rings. The summed E-state index contributed by atoms with van der Waals surface area (Å²) in [6, 6.07) is 9.69. The number of nitrogens with one attached hydrogen (secondary N) is 1. The van der Waals surface area contributed by atoms with E-state index in [1.54, 1.807) is 13.8 Å². The molecular weight excluding hydrogens is 372 g/mol. The number of allylic oxidation sites excluding steroid dienone is 1. The van der Waals surface area contributed by atoms with Gasteiger partial charge >= 0.3 is 5.97 Å². The molecule has 0 spiro atoms. The zero-order valence-electron chi connectivity index (χ0n) is 16.4. The molecule has 148 valence electrons. The fourth-order valence-corrected chi connectivity index (χ4v) is 4.13. The van der Waals surface area contributed by atoms with Gasteiger partial charge in [-0.3, -0.25) is 4.79 Å². The van der Waals surface area contributed by atoms with Gasteiger partial charge in [0.05, 0.1) is 5.69 Å². The summed E-state index contributed by atoms with van der Waals surface area (Å²) in [6.07, 6.45) is 7.04. The number of aryl methyl sites for hydroxylation is 1. The van der Waals surface area contributed by atoms with Gasteiger partial charge in [-0.2, -0.15) is 0 Å². The van der Waals surface area contributed by atoms with Gasteiger partial charge in [-0.15, -0.1) is 11.3 Å². The lowest BCUT2D eigenvalue weighted by molar-refractivity contribution is -0.129. The molecule has 0 fully saturated rings. The molecule has 1 aliphatic rings. The Morgan fingerprint density at radius 2 is 2.04 bits per heavy atom. The Balaban J connectivity index is 1.53. The largest absolute Gasteiger partial charge is 0.448 e. The van der Waals surface area contributed by atoms with Gasteiger partial charge in [0.15, 0.2) is 6.10 Å². The van der Waals surface area contributed by atoms with Crippen LogP contribution in [0.4, 0.5) is 0 Å². The van der Waals surface area contributed by atoms with Crippen LogP contribution in [0.15, 0.2) is 42.0 Å². The number of aromatic nitrogens is 1. The fourth-order valence-electron chi connectivity index (χ4n) is 3.18. The van der Waals surface area contributed by atoms with Gasteiger partial charge in [-0.1, -0.05) is 42.0 Å². The zero-order valence-corrected chi connectivity index (χ0v) is 17.2. The van der Waals surface area contributed by atoms with E-state index < -0.39 is 12.1 Å².